The van der Waals surface area contributed by atoms with Crippen molar-refractivity contribution in [3.63, 3.8) is 0 Å². The Balaban J connectivity index is 1.90. The highest BCUT2D eigenvalue weighted by molar-refractivity contribution is 7.09. The molecular weight excluding hydrogens is 292 g/mol. The summed E-state index contributed by atoms with van der Waals surface area (Å²) in [6.45, 7) is 3.98. The van der Waals surface area contributed by atoms with Crippen molar-refractivity contribution in [3.8, 4) is 0 Å². The number of nitrogens with zero attached hydrogens (tertiary/aromatic N) is 2. The number of thiazole rings is 1. The molecule has 21 heavy (non-hydrogen) atoms. The Morgan fingerprint density at radius 3 is 2.90 bits per heavy atom. The second kappa shape index (κ2) is 6.49. The van der Waals surface area contributed by atoms with E-state index in [1.165, 1.54) is 28.2 Å². The van der Waals surface area contributed by atoms with Gasteiger partial charge in [0.15, 0.2) is 0 Å². The molecule has 2 N–H and O–H groups in total. The first-order chi connectivity index (χ1) is 9.95. The third-order valence-corrected chi connectivity index (χ3v) is 3.73. The molecule has 0 aliphatic rings. The molecule has 0 radical (unpaired) electrons. The van der Waals surface area contributed by atoms with Crippen LogP contribution in [0.15, 0.2) is 27.2 Å². The number of amides is 1. The summed E-state index contributed by atoms with van der Waals surface area (Å²) in [7, 11) is 0. The monoisotopic (exact) mass is 308 g/mol. The molecule has 7 nitrogen and oxygen atoms in total. The van der Waals surface area contributed by atoms with Crippen LogP contribution >= 0.6 is 11.3 Å². The lowest BCUT2D eigenvalue weighted by atomic mass is 10.2. The number of hydrogen-bond acceptors (Lipinski definition) is 5. The highest BCUT2D eigenvalue weighted by Gasteiger charge is 2.12. The van der Waals surface area contributed by atoms with Gasteiger partial charge in [0.25, 0.3) is 5.56 Å². The zero-order valence-electron chi connectivity index (χ0n) is 11.8. The van der Waals surface area contributed by atoms with E-state index in [1.807, 2.05) is 19.2 Å². The number of aryl methyl sites for hydroxylation is 2. The van der Waals surface area contributed by atoms with Crippen LogP contribution in [0.3, 0.4) is 0 Å². The first kappa shape index (κ1) is 15.2. The number of rotatable bonds is 5. The average Bonchev–Trinajstić information content (AvgIpc) is 2.84. The van der Waals surface area contributed by atoms with E-state index in [4.69, 9.17) is 0 Å². The quantitative estimate of drug-likeness (QED) is 0.844. The predicted octanol–water partition coefficient (Wildman–Crippen LogP) is 0.569. The standard InChI is InChI=1S/C13H16N4O3S/c1-8(10-7-21-9(2)15-10)14-11(18)3-5-17-6-4-12(19)16-13(17)20/h4,6-8H,3,5H2,1-2H3,(H,14,18)(H,16,19,20). The number of H-pyrrole nitrogens is 1. The molecule has 112 valence electrons. The fourth-order valence-electron chi connectivity index (χ4n) is 1.81. The fourth-order valence-corrected chi connectivity index (χ4v) is 2.52. The Morgan fingerprint density at radius 1 is 1.52 bits per heavy atom. The number of carbonyl (C=O) groups excluding carboxylic acids is 1. The van der Waals surface area contributed by atoms with Crippen LogP contribution in [0.2, 0.25) is 0 Å². The molecule has 1 unspecified atom stereocenters. The Bertz CT molecular complexity index is 746. The molecule has 0 fully saturated rings. The van der Waals surface area contributed by atoms with Gasteiger partial charge in [-0.3, -0.25) is 14.6 Å². The summed E-state index contributed by atoms with van der Waals surface area (Å²) in [6, 6.07) is 1.08. The number of aromatic amines is 1. The third-order valence-electron chi connectivity index (χ3n) is 2.93. The lowest BCUT2D eigenvalue weighted by Crippen LogP contribution is -2.32. The molecule has 8 heteroatoms. The van der Waals surface area contributed by atoms with Crippen LogP contribution in [-0.2, 0) is 11.3 Å². The molecule has 2 rings (SSSR count). The summed E-state index contributed by atoms with van der Waals surface area (Å²) in [5, 5.41) is 5.69. The number of hydrogen-bond donors (Lipinski definition) is 2. The van der Waals surface area contributed by atoms with Gasteiger partial charge in [0, 0.05) is 30.6 Å². The maximum atomic E-state index is 11.9. The zero-order chi connectivity index (χ0) is 15.4. The van der Waals surface area contributed by atoms with Crippen LogP contribution in [0.1, 0.15) is 30.1 Å². The van der Waals surface area contributed by atoms with Gasteiger partial charge in [-0.25, -0.2) is 9.78 Å². The van der Waals surface area contributed by atoms with E-state index in [9.17, 15) is 14.4 Å². The molecule has 2 aromatic heterocycles. The van der Waals surface area contributed by atoms with Gasteiger partial charge in [-0.2, -0.15) is 0 Å². The summed E-state index contributed by atoms with van der Waals surface area (Å²) in [5.41, 5.74) is -0.140. The van der Waals surface area contributed by atoms with Crippen LogP contribution in [0.5, 0.6) is 0 Å². The highest BCUT2D eigenvalue weighted by Crippen LogP contribution is 2.15. The van der Waals surface area contributed by atoms with E-state index in [1.54, 1.807) is 0 Å². The summed E-state index contributed by atoms with van der Waals surface area (Å²) < 4.78 is 1.29. The van der Waals surface area contributed by atoms with Gasteiger partial charge in [-0.1, -0.05) is 0 Å². The second-order valence-electron chi connectivity index (χ2n) is 4.63. The van der Waals surface area contributed by atoms with E-state index >= 15 is 0 Å². The number of aromatic nitrogens is 3. The SMILES string of the molecule is Cc1nc(C(C)NC(=O)CCn2ccc(=O)[nH]c2=O)cs1. The van der Waals surface area contributed by atoms with Crippen molar-refractivity contribution < 1.29 is 4.79 Å². The maximum absolute atomic E-state index is 11.9. The van der Waals surface area contributed by atoms with E-state index in [0.29, 0.717) is 0 Å². The van der Waals surface area contributed by atoms with E-state index in [-0.39, 0.29) is 24.9 Å². The summed E-state index contributed by atoms with van der Waals surface area (Å²) in [5.74, 6) is -0.175. The molecule has 0 spiro atoms. The zero-order valence-corrected chi connectivity index (χ0v) is 12.6. The molecule has 0 aliphatic carbocycles. The van der Waals surface area contributed by atoms with Crippen LogP contribution < -0.4 is 16.6 Å². The summed E-state index contributed by atoms with van der Waals surface area (Å²) >= 11 is 1.53. The highest BCUT2D eigenvalue weighted by atomic mass is 32.1. The molecule has 2 heterocycles. The molecule has 0 aromatic carbocycles. The van der Waals surface area contributed by atoms with E-state index in [2.05, 4.69) is 15.3 Å². The molecule has 0 aliphatic heterocycles. The van der Waals surface area contributed by atoms with Crippen LogP contribution in [0, 0.1) is 6.92 Å². The van der Waals surface area contributed by atoms with E-state index < -0.39 is 11.2 Å². The third kappa shape index (κ3) is 4.12. The van der Waals surface area contributed by atoms with Gasteiger partial charge >= 0.3 is 5.69 Å². The number of nitrogens with one attached hydrogen (secondary N) is 2. The Labute approximate surface area is 124 Å². The Morgan fingerprint density at radius 2 is 2.29 bits per heavy atom. The smallest absolute Gasteiger partial charge is 0.328 e. The summed E-state index contributed by atoms with van der Waals surface area (Å²) in [4.78, 5) is 40.7. The predicted molar refractivity (Wildman–Crippen MR) is 79.3 cm³/mol. The molecule has 0 saturated heterocycles. The topological polar surface area (TPSA) is 96.8 Å². The first-order valence-electron chi connectivity index (χ1n) is 6.47. The van der Waals surface area contributed by atoms with Crippen molar-refractivity contribution in [1.82, 2.24) is 19.9 Å². The van der Waals surface area contributed by atoms with Gasteiger partial charge in [0.2, 0.25) is 5.91 Å². The van der Waals surface area contributed by atoms with Gasteiger partial charge in [-0.15, -0.1) is 11.3 Å². The van der Waals surface area contributed by atoms with Crippen molar-refractivity contribution in [2.45, 2.75) is 32.9 Å². The van der Waals surface area contributed by atoms with Crippen molar-refractivity contribution in [2.24, 2.45) is 0 Å². The first-order valence-corrected chi connectivity index (χ1v) is 7.35. The average molecular weight is 308 g/mol. The Hall–Kier alpha value is -2.22. The molecule has 1 amide bonds. The van der Waals surface area contributed by atoms with Gasteiger partial charge in [0.05, 0.1) is 16.7 Å². The van der Waals surface area contributed by atoms with Crippen LogP contribution in [0.4, 0.5) is 0 Å². The molecule has 2 aromatic rings. The van der Waals surface area contributed by atoms with Gasteiger partial charge < -0.3 is 9.88 Å². The van der Waals surface area contributed by atoms with Crippen molar-refractivity contribution >= 4 is 17.2 Å². The van der Waals surface area contributed by atoms with Crippen LogP contribution in [0.25, 0.3) is 0 Å². The van der Waals surface area contributed by atoms with Crippen LogP contribution in [-0.4, -0.2) is 20.4 Å². The molecule has 1 atom stereocenters. The Kier molecular flexibility index (Phi) is 4.69. The fraction of sp³-hybridized carbons (Fsp3) is 0.385. The van der Waals surface area contributed by atoms with Crippen molar-refractivity contribution in [2.75, 3.05) is 0 Å². The second-order valence-corrected chi connectivity index (χ2v) is 5.70. The minimum absolute atomic E-state index is 0.152. The number of carbonyl (C=O) groups is 1. The van der Waals surface area contributed by atoms with Gasteiger partial charge in [0.1, 0.15) is 0 Å². The lowest BCUT2D eigenvalue weighted by molar-refractivity contribution is -0.122. The summed E-state index contributed by atoms with van der Waals surface area (Å²) in [6.07, 6.45) is 1.53. The lowest BCUT2D eigenvalue weighted by Gasteiger charge is -2.12. The molecule has 0 bridgehead atoms. The normalized spacial score (nSPS) is 12.1. The molecular formula is C13H16N4O3S. The van der Waals surface area contributed by atoms with Gasteiger partial charge in [-0.05, 0) is 13.8 Å². The maximum Gasteiger partial charge on any atom is 0.328 e. The molecule has 0 saturated carbocycles. The van der Waals surface area contributed by atoms with Crippen molar-refractivity contribution in [3.05, 3.63) is 49.2 Å². The minimum atomic E-state index is -0.515. The van der Waals surface area contributed by atoms with Crippen molar-refractivity contribution in [1.29, 1.82) is 0 Å². The minimum Gasteiger partial charge on any atom is -0.348 e. The van der Waals surface area contributed by atoms with E-state index in [0.717, 1.165) is 10.7 Å². The largest absolute Gasteiger partial charge is 0.348 e.